The van der Waals surface area contributed by atoms with Gasteiger partial charge in [0.25, 0.3) is 0 Å². The average molecular weight is 711 g/mol. The summed E-state index contributed by atoms with van der Waals surface area (Å²) in [5.74, 6) is -1.47. The van der Waals surface area contributed by atoms with Crippen molar-refractivity contribution >= 4 is 17.9 Å². The van der Waals surface area contributed by atoms with Gasteiger partial charge in [-0.25, -0.2) is 4.79 Å². The normalized spacial score (nSPS) is 13.1. The Labute approximate surface area is 308 Å². The Morgan fingerprint density at radius 1 is 0.580 bits per heavy atom. The van der Waals surface area contributed by atoms with Crippen LogP contribution in [0.5, 0.6) is 0 Å². The molecule has 0 saturated heterocycles. The van der Waals surface area contributed by atoms with Crippen LogP contribution < -0.4 is 0 Å². The van der Waals surface area contributed by atoms with Crippen molar-refractivity contribution in [1.29, 1.82) is 0 Å². The zero-order valence-corrected chi connectivity index (χ0v) is 33.4. The lowest BCUT2D eigenvalue weighted by molar-refractivity contribution is -0.887. The summed E-state index contributed by atoms with van der Waals surface area (Å²) in [4.78, 5) is 36.7. The van der Waals surface area contributed by atoms with Crippen LogP contribution in [0.3, 0.4) is 0 Å². The molecule has 1 N–H and O–H groups in total. The van der Waals surface area contributed by atoms with Gasteiger partial charge in [-0.3, -0.25) is 9.59 Å². The summed E-state index contributed by atoms with van der Waals surface area (Å²) >= 11 is 0. The Morgan fingerprint density at radius 2 is 1.00 bits per heavy atom. The minimum absolute atomic E-state index is 0.0505. The van der Waals surface area contributed by atoms with Crippen molar-refractivity contribution in [2.45, 2.75) is 199 Å². The van der Waals surface area contributed by atoms with E-state index in [1.54, 1.807) is 0 Å². The number of unbranched alkanes of at least 4 members (excludes halogenated alkanes) is 21. The summed E-state index contributed by atoms with van der Waals surface area (Å²) in [7, 11) is 5.52. The summed E-state index contributed by atoms with van der Waals surface area (Å²) in [5.41, 5.74) is 0. The molecule has 50 heavy (non-hydrogen) atoms. The van der Waals surface area contributed by atoms with Gasteiger partial charge in [0, 0.05) is 19.3 Å². The van der Waals surface area contributed by atoms with Gasteiger partial charge in [0.2, 0.25) is 0 Å². The van der Waals surface area contributed by atoms with Crippen molar-refractivity contribution in [2.75, 3.05) is 41.0 Å². The number of carboxylic acid groups (broad SMARTS) is 1. The van der Waals surface area contributed by atoms with Crippen LogP contribution in [-0.4, -0.2) is 80.6 Å². The van der Waals surface area contributed by atoms with Gasteiger partial charge in [-0.05, 0) is 38.5 Å². The second-order valence-corrected chi connectivity index (χ2v) is 15.2. The van der Waals surface area contributed by atoms with Gasteiger partial charge < -0.3 is 23.8 Å². The third-order valence-corrected chi connectivity index (χ3v) is 9.41. The summed E-state index contributed by atoms with van der Waals surface area (Å²) in [6.45, 7) is 4.70. The van der Waals surface area contributed by atoms with Gasteiger partial charge in [0.15, 0.2) is 12.1 Å². The number of esters is 2. The highest BCUT2D eigenvalue weighted by Crippen LogP contribution is 2.14. The first-order valence-corrected chi connectivity index (χ1v) is 20.7. The Balaban J connectivity index is 4.26. The highest BCUT2D eigenvalue weighted by atomic mass is 16.6. The summed E-state index contributed by atoms with van der Waals surface area (Å²) in [6, 6.07) is -0.610. The lowest BCUT2D eigenvalue weighted by atomic mass is 10.1. The van der Waals surface area contributed by atoms with Crippen molar-refractivity contribution < 1.29 is 38.2 Å². The Bertz CT molecular complexity index is 838. The fraction of sp³-hybridized carbons (Fsp3) is 0.881. The van der Waals surface area contributed by atoms with Gasteiger partial charge >= 0.3 is 17.9 Å². The van der Waals surface area contributed by atoms with E-state index in [4.69, 9.17) is 14.2 Å². The van der Waals surface area contributed by atoms with Crippen LogP contribution in [0.15, 0.2) is 12.2 Å². The fourth-order valence-electron chi connectivity index (χ4n) is 6.14. The van der Waals surface area contributed by atoms with Crippen LogP contribution in [0.1, 0.15) is 187 Å². The fourth-order valence-corrected chi connectivity index (χ4v) is 6.14. The number of carbonyl (C=O) groups is 3. The molecule has 0 amide bonds. The molecule has 0 aliphatic carbocycles. The van der Waals surface area contributed by atoms with E-state index >= 15 is 0 Å². The standard InChI is InChI=1S/C42H79NO7/c1-6-8-10-12-14-16-17-18-19-20-21-22-23-24-25-27-28-30-32-40(44)49-37-38(36-48-35-34-39(42(46)47)43(3,4)5)50-41(45)33-31-29-26-15-13-11-9-7-2/h21-22,38-39H,6-20,23-37H2,1-5H3/p+1/b22-21+. The zero-order valence-electron chi connectivity index (χ0n) is 33.4. The number of hydrogen-bond acceptors (Lipinski definition) is 6. The summed E-state index contributed by atoms with van der Waals surface area (Å²) in [6.07, 6.45) is 34.0. The maximum absolute atomic E-state index is 12.6. The van der Waals surface area contributed by atoms with Crippen LogP contribution in [0, 0.1) is 0 Å². The Kier molecular flexibility index (Phi) is 32.9. The van der Waals surface area contributed by atoms with Gasteiger partial charge in [0.05, 0.1) is 34.4 Å². The zero-order chi connectivity index (χ0) is 37.1. The molecular formula is C42H80NO7+. The minimum Gasteiger partial charge on any atom is -0.477 e. The summed E-state index contributed by atoms with van der Waals surface area (Å²) in [5, 5.41) is 9.58. The van der Waals surface area contributed by atoms with Crippen molar-refractivity contribution in [3.05, 3.63) is 12.2 Å². The van der Waals surface area contributed by atoms with Gasteiger partial charge in [0.1, 0.15) is 6.61 Å². The molecule has 2 unspecified atom stereocenters. The van der Waals surface area contributed by atoms with Crippen molar-refractivity contribution in [2.24, 2.45) is 0 Å². The van der Waals surface area contributed by atoms with Crippen LogP contribution in [0.2, 0.25) is 0 Å². The smallest absolute Gasteiger partial charge is 0.362 e. The van der Waals surface area contributed by atoms with Crippen LogP contribution in [0.25, 0.3) is 0 Å². The third-order valence-electron chi connectivity index (χ3n) is 9.41. The van der Waals surface area contributed by atoms with E-state index in [1.165, 1.54) is 109 Å². The molecule has 0 rings (SSSR count). The molecule has 0 heterocycles. The number of carboxylic acids is 1. The second-order valence-electron chi connectivity index (χ2n) is 15.2. The third kappa shape index (κ3) is 32.0. The van der Waals surface area contributed by atoms with Crippen molar-refractivity contribution in [1.82, 2.24) is 0 Å². The summed E-state index contributed by atoms with van der Waals surface area (Å²) < 4.78 is 17.2. The number of hydrogen-bond donors (Lipinski definition) is 1. The van der Waals surface area contributed by atoms with E-state index in [-0.39, 0.29) is 36.2 Å². The minimum atomic E-state index is -0.875. The predicted molar refractivity (Wildman–Crippen MR) is 206 cm³/mol. The highest BCUT2D eigenvalue weighted by molar-refractivity contribution is 5.72. The number of quaternary nitrogens is 1. The largest absolute Gasteiger partial charge is 0.477 e. The molecule has 0 saturated carbocycles. The first kappa shape index (κ1) is 48.1. The lowest BCUT2D eigenvalue weighted by Gasteiger charge is -2.31. The number of ether oxygens (including phenoxy) is 3. The Morgan fingerprint density at radius 3 is 1.44 bits per heavy atom. The van der Waals surface area contributed by atoms with Crippen LogP contribution >= 0.6 is 0 Å². The number of allylic oxidation sites excluding steroid dienone is 2. The average Bonchev–Trinajstić information content (AvgIpc) is 3.06. The van der Waals surface area contributed by atoms with Gasteiger partial charge in [-0.1, -0.05) is 142 Å². The molecule has 0 aromatic heterocycles. The molecule has 0 fully saturated rings. The number of carbonyl (C=O) groups excluding carboxylic acids is 2. The number of likely N-dealkylation sites (N-methyl/N-ethyl adjacent to an activating group) is 1. The molecule has 294 valence electrons. The molecule has 0 radical (unpaired) electrons. The molecule has 0 aromatic carbocycles. The van der Waals surface area contributed by atoms with Crippen LogP contribution in [0.4, 0.5) is 0 Å². The SMILES string of the molecule is CCCCCCCCCCC/C=C/CCCCCCCC(=O)OCC(COCCC(C(=O)O)[N+](C)(C)C)OC(=O)CCCCCCCCCC. The maximum atomic E-state index is 12.6. The van der Waals surface area contributed by atoms with Gasteiger partial charge in [-0.15, -0.1) is 0 Å². The van der Waals surface area contributed by atoms with E-state index < -0.39 is 18.1 Å². The van der Waals surface area contributed by atoms with Crippen molar-refractivity contribution in [3.63, 3.8) is 0 Å². The topological polar surface area (TPSA) is 99.1 Å². The quantitative estimate of drug-likeness (QED) is 0.0296. The number of nitrogens with zero attached hydrogens (tertiary/aromatic N) is 1. The van der Waals surface area contributed by atoms with E-state index in [0.29, 0.717) is 19.3 Å². The molecule has 0 aliphatic rings. The van der Waals surface area contributed by atoms with Crippen molar-refractivity contribution in [3.8, 4) is 0 Å². The lowest BCUT2D eigenvalue weighted by Crippen LogP contribution is -2.50. The first-order valence-electron chi connectivity index (χ1n) is 20.7. The Hall–Kier alpha value is -1.93. The second kappa shape index (κ2) is 34.2. The van der Waals surface area contributed by atoms with E-state index in [0.717, 1.165) is 44.9 Å². The molecule has 0 aromatic rings. The molecule has 8 nitrogen and oxygen atoms in total. The van der Waals surface area contributed by atoms with Crippen LogP contribution in [-0.2, 0) is 28.6 Å². The molecule has 0 aliphatic heterocycles. The number of rotatable bonds is 37. The maximum Gasteiger partial charge on any atom is 0.362 e. The first-order chi connectivity index (χ1) is 24.1. The molecular weight excluding hydrogens is 630 g/mol. The van der Waals surface area contributed by atoms with E-state index in [2.05, 4.69) is 26.0 Å². The highest BCUT2D eigenvalue weighted by Gasteiger charge is 2.31. The predicted octanol–water partition coefficient (Wildman–Crippen LogP) is 10.7. The molecule has 0 spiro atoms. The van der Waals surface area contributed by atoms with E-state index in [1.807, 2.05) is 21.1 Å². The molecule has 8 heteroatoms. The monoisotopic (exact) mass is 711 g/mol. The van der Waals surface area contributed by atoms with Gasteiger partial charge in [-0.2, -0.15) is 0 Å². The number of aliphatic carboxylic acids is 1. The van der Waals surface area contributed by atoms with E-state index in [9.17, 15) is 19.5 Å². The molecule has 0 bridgehead atoms. The molecule has 2 atom stereocenters.